The Balaban J connectivity index is 2.17. The van der Waals surface area contributed by atoms with Crippen molar-refractivity contribution in [2.45, 2.75) is 67.7 Å². The molecule has 9 nitrogen and oxygen atoms in total. The molecule has 1 aliphatic carbocycles. The number of aliphatic hydroxyl groups is 2. The summed E-state index contributed by atoms with van der Waals surface area (Å²) in [5.41, 5.74) is 0. The van der Waals surface area contributed by atoms with E-state index in [1.54, 1.807) is 0 Å². The van der Waals surface area contributed by atoms with Gasteiger partial charge < -0.3 is 38.5 Å². The Hall–Kier alpha value is -0.635. The average molecular weight is 391 g/mol. The van der Waals surface area contributed by atoms with Crippen LogP contribution in [0.25, 0.3) is 0 Å². The van der Waals surface area contributed by atoms with E-state index in [0.29, 0.717) is 6.42 Å². The number of nitriles is 1. The molecule has 2 N–H and O–H groups in total. The zero-order chi connectivity index (χ0) is 20.8. The van der Waals surface area contributed by atoms with Gasteiger partial charge in [0.2, 0.25) is 0 Å². The first kappa shape index (κ1) is 23.6. The first-order valence-corrected chi connectivity index (χ1v) is 8.96. The molecule has 2 aliphatic rings. The van der Waals surface area contributed by atoms with E-state index in [1.165, 1.54) is 14.2 Å². The number of ether oxygens (including phenoxy) is 4. The van der Waals surface area contributed by atoms with Gasteiger partial charge in [-0.05, 0) is 0 Å². The summed E-state index contributed by atoms with van der Waals surface area (Å²) in [6.45, 7) is -0.0837. The van der Waals surface area contributed by atoms with Crippen molar-refractivity contribution in [3.8, 4) is 6.07 Å². The van der Waals surface area contributed by atoms with Crippen LogP contribution in [0.3, 0.4) is 0 Å². The van der Waals surface area contributed by atoms with E-state index < -0.39 is 60.8 Å². The van der Waals surface area contributed by atoms with Gasteiger partial charge in [0, 0.05) is 38.8 Å². The van der Waals surface area contributed by atoms with Crippen molar-refractivity contribution in [2.24, 2.45) is 5.92 Å². The van der Waals surface area contributed by atoms with Gasteiger partial charge >= 0.3 is 0 Å². The molecule has 2 rings (SSSR count). The molecule has 150 valence electrons. The van der Waals surface area contributed by atoms with Crippen molar-refractivity contribution in [3.05, 3.63) is 0 Å². The average Bonchev–Trinajstić information content (AvgIpc) is 2.67. The molecule has 1 saturated heterocycles. The van der Waals surface area contributed by atoms with Crippen LogP contribution >= 0.6 is 0 Å². The van der Waals surface area contributed by atoms with E-state index in [0.717, 1.165) is 0 Å². The van der Waals surface area contributed by atoms with E-state index in [4.69, 9.17) is 47.5 Å². The van der Waals surface area contributed by atoms with E-state index >= 15 is 0 Å². The normalized spacial score (nSPS) is 42.6. The highest BCUT2D eigenvalue weighted by Gasteiger charge is 2.49. The van der Waals surface area contributed by atoms with Gasteiger partial charge in [0.15, 0.2) is 6.29 Å². The molecule has 1 heterocycles. The highest BCUT2D eigenvalue weighted by molar-refractivity contribution is 6.13. The second-order valence-electron chi connectivity index (χ2n) is 6.95. The number of methoxy groups -OCH3 is 2. The molecule has 6 radical (unpaired) electrons. The van der Waals surface area contributed by atoms with Gasteiger partial charge in [-0.1, -0.05) is 0 Å². The van der Waals surface area contributed by atoms with Crippen LogP contribution < -0.4 is 0 Å². The summed E-state index contributed by atoms with van der Waals surface area (Å²) in [6, 6.07) is 1.94. The van der Waals surface area contributed by atoms with Gasteiger partial charge in [-0.3, -0.25) is 0 Å². The molecule has 0 aromatic heterocycles. The van der Waals surface area contributed by atoms with Gasteiger partial charge in [0.05, 0.1) is 51.0 Å². The molecular formula is C16H24B3NO8. The molecule has 28 heavy (non-hydrogen) atoms. The third-order valence-electron chi connectivity index (χ3n) is 5.38. The Morgan fingerprint density at radius 2 is 1.86 bits per heavy atom. The number of nitrogens with zero attached hydrogens (tertiary/aromatic N) is 1. The van der Waals surface area contributed by atoms with E-state index in [9.17, 15) is 15.5 Å². The third kappa shape index (κ3) is 5.09. The molecule has 0 aromatic rings. The fourth-order valence-electron chi connectivity index (χ4n) is 3.97. The predicted octanol–water partition coefficient (Wildman–Crippen LogP) is -1.69. The van der Waals surface area contributed by atoms with Crippen molar-refractivity contribution in [1.29, 1.82) is 5.26 Å². The second-order valence-corrected chi connectivity index (χ2v) is 6.95. The van der Waals surface area contributed by atoms with Crippen molar-refractivity contribution >= 4 is 23.9 Å². The monoisotopic (exact) mass is 391 g/mol. The van der Waals surface area contributed by atoms with Gasteiger partial charge in [0.25, 0.3) is 16.1 Å². The standard InChI is InChI=1S/C16H24B3NO8/c1-23-10-4-9(13(7(17)5-20)14(22)16(10)24-2)26-12-3-8(21)15(28-19)11(27-12)6-25-18/h7-16,21-22H,3-4,6H2,1-2H3/t7?,8?,9-,10+,11?,12?,13?,14?,15+,16+/m1/s1. The quantitative estimate of drug-likeness (QED) is 0.467. The van der Waals surface area contributed by atoms with Gasteiger partial charge in [-0.25, -0.2) is 0 Å². The maximum atomic E-state index is 10.7. The molecule has 2 fully saturated rings. The zero-order valence-electron chi connectivity index (χ0n) is 15.9. The van der Waals surface area contributed by atoms with Crippen molar-refractivity contribution in [1.82, 2.24) is 0 Å². The number of aliphatic hydroxyl groups excluding tert-OH is 2. The summed E-state index contributed by atoms with van der Waals surface area (Å²) in [6.07, 6.45) is -6.08. The molecule has 0 spiro atoms. The number of hydrogen-bond donors (Lipinski definition) is 2. The van der Waals surface area contributed by atoms with Crippen LogP contribution in [0.2, 0.25) is 5.82 Å². The highest BCUT2D eigenvalue weighted by atomic mass is 16.7. The molecule has 12 heteroatoms. The molecule has 0 amide bonds. The third-order valence-corrected chi connectivity index (χ3v) is 5.38. The Morgan fingerprint density at radius 3 is 2.39 bits per heavy atom. The molecule has 6 unspecified atom stereocenters. The largest absolute Gasteiger partial charge is 0.445 e. The van der Waals surface area contributed by atoms with Crippen LogP contribution in [-0.4, -0.2) is 104 Å². The van der Waals surface area contributed by atoms with Gasteiger partial charge in [-0.2, -0.15) is 5.26 Å². The summed E-state index contributed by atoms with van der Waals surface area (Å²) < 4.78 is 31.8. The summed E-state index contributed by atoms with van der Waals surface area (Å²) in [4.78, 5) is 0. The molecule has 10 atom stereocenters. The predicted molar refractivity (Wildman–Crippen MR) is 97.3 cm³/mol. The Bertz CT molecular complexity index is 527. The smallest absolute Gasteiger partial charge is 0.283 e. The van der Waals surface area contributed by atoms with Crippen LogP contribution in [-0.2, 0) is 28.3 Å². The molecule has 0 aromatic carbocycles. The maximum absolute atomic E-state index is 10.7. The van der Waals surface area contributed by atoms with Gasteiger partial charge in [0.1, 0.15) is 12.2 Å². The SMILES string of the molecule is [B]OCC1OC(O[C@@H]2C[C@H](OC)[C@H](OC)C(O)C2C([B])C#N)CC(O)[C@@H]1O[B]. The highest BCUT2D eigenvalue weighted by Crippen LogP contribution is 2.38. The van der Waals surface area contributed by atoms with Crippen LogP contribution in [0.1, 0.15) is 12.8 Å². The van der Waals surface area contributed by atoms with Crippen LogP contribution in [0, 0.1) is 17.2 Å². The lowest BCUT2D eigenvalue weighted by Crippen LogP contribution is -2.58. The summed E-state index contributed by atoms with van der Waals surface area (Å²) >= 11 is 0. The van der Waals surface area contributed by atoms with Crippen molar-refractivity contribution in [3.63, 3.8) is 0 Å². The van der Waals surface area contributed by atoms with Crippen LogP contribution in [0.15, 0.2) is 0 Å². The van der Waals surface area contributed by atoms with E-state index in [2.05, 4.69) is 4.65 Å². The number of rotatable bonds is 8. The Labute approximate surface area is 168 Å². The topological polar surface area (TPSA) is 120 Å². The molecular weight excluding hydrogens is 367 g/mol. The molecule has 0 bridgehead atoms. The van der Waals surface area contributed by atoms with Gasteiger partial charge in [-0.15, -0.1) is 0 Å². The Morgan fingerprint density at radius 1 is 1.14 bits per heavy atom. The van der Waals surface area contributed by atoms with Crippen LogP contribution in [0.5, 0.6) is 0 Å². The van der Waals surface area contributed by atoms with Crippen molar-refractivity contribution < 1.29 is 38.5 Å². The van der Waals surface area contributed by atoms with E-state index in [-0.39, 0.29) is 13.0 Å². The first-order chi connectivity index (χ1) is 13.4. The lowest BCUT2D eigenvalue weighted by molar-refractivity contribution is -0.284. The fourth-order valence-corrected chi connectivity index (χ4v) is 3.97. The molecule has 1 saturated carbocycles. The van der Waals surface area contributed by atoms with E-state index in [1.807, 2.05) is 6.07 Å². The van der Waals surface area contributed by atoms with Crippen molar-refractivity contribution in [2.75, 3.05) is 20.8 Å². The minimum atomic E-state index is -1.10. The molecule has 1 aliphatic heterocycles. The summed E-state index contributed by atoms with van der Waals surface area (Å²) in [5.74, 6) is -1.76. The lowest BCUT2D eigenvalue weighted by Gasteiger charge is -2.47. The summed E-state index contributed by atoms with van der Waals surface area (Å²) in [7, 11) is 19.2. The lowest BCUT2D eigenvalue weighted by atomic mass is 9.66. The first-order valence-electron chi connectivity index (χ1n) is 8.96. The van der Waals surface area contributed by atoms with Crippen LogP contribution in [0.4, 0.5) is 0 Å². The fraction of sp³-hybridized carbons (Fsp3) is 0.938. The Kier molecular flexibility index (Phi) is 9.24. The minimum absolute atomic E-state index is 0.0510. The zero-order valence-corrected chi connectivity index (χ0v) is 15.9. The second kappa shape index (κ2) is 10.9. The summed E-state index contributed by atoms with van der Waals surface area (Å²) in [5, 5.41) is 30.3. The maximum Gasteiger partial charge on any atom is 0.283 e. The number of hydrogen-bond acceptors (Lipinski definition) is 9. The minimum Gasteiger partial charge on any atom is -0.445 e.